The van der Waals surface area contributed by atoms with E-state index in [0.717, 1.165) is 33.5 Å². The van der Waals surface area contributed by atoms with Crippen molar-refractivity contribution in [2.75, 3.05) is 106 Å². The zero-order valence-corrected chi connectivity index (χ0v) is 47.2. The Hall–Kier alpha value is -9.57. The molecule has 0 unspecified atom stereocenters. The molecule has 3 heterocycles. The first kappa shape index (κ1) is 61.1. The van der Waals surface area contributed by atoms with E-state index in [4.69, 9.17) is 94.7 Å². The van der Waals surface area contributed by atoms with Crippen molar-refractivity contribution < 1.29 is 133 Å². The number of aliphatic hydroxyl groups excluding tert-OH is 1. The lowest BCUT2D eigenvalue weighted by molar-refractivity contribution is -0.287. The van der Waals surface area contributed by atoms with Gasteiger partial charge in [0.05, 0.1) is 133 Å². The van der Waals surface area contributed by atoms with E-state index in [-0.39, 0.29) is 96.8 Å². The van der Waals surface area contributed by atoms with Gasteiger partial charge in [0.25, 0.3) is 0 Å². The molecule has 2 bridgehead atoms. The van der Waals surface area contributed by atoms with Crippen LogP contribution in [-0.4, -0.2) is 190 Å². The van der Waals surface area contributed by atoms with Crippen LogP contribution in [-0.2, 0) is 52.3 Å². The Morgan fingerprint density at radius 3 is 1.45 bits per heavy atom. The number of rotatable bonds is 19. The first-order valence-electron chi connectivity index (χ1n) is 24.4. The van der Waals surface area contributed by atoms with E-state index in [0.29, 0.717) is 6.08 Å². The summed E-state index contributed by atoms with van der Waals surface area (Å²) < 4.78 is 113. The van der Waals surface area contributed by atoms with E-state index >= 15 is 14.4 Å². The quantitative estimate of drug-likeness (QED) is 0.0796. The number of fused-ring (bicyclic) bond motifs is 6. The first-order chi connectivity index (χ1) is 39.9. The van der Waals surface area contributed by atoms with Gasteiger partial charge in [0, 0.05) is 22.8 Å². The average Bonchev–Trinajstić information content (AvgIpc) is 3.22. The van der Waals surface area contributed by atoms with Gasteiger partial charge in [-0.05, 0) is 30.3 Å². The average molecular weight is 1170 g/mol. The summed E-state index contributed by atoms with van der Waals surface area (Å²) in [6.07, 6.45) is -12.6. The van der Waals surface area contributed by atoms with Crippen molar-refractivity contribution in [3.63, 3.8) is 0 Å². The Bertz CT molecular complexity index is 3210. The predicted molar refractivity (Wildman–Crippen MR) is 277 cm³/mol. The van der Waals surface area contributed by atoms with Crippen molar-refractivity contribution in [1.29, 1.82) is 0 Å². The van der Waals surface area contributed by atoms with Crippen molar-refractivity contribution in [3.8, 4) is 80.1 Å². The smallest absolute Gasteiger partial charge is 0.348 e. The van der Waals surface area contributed by atoms with Crippen LogP contribution >= 0.6 is 0 Å². The number of methoxy groups -OCH3 is 14. The van der Waals surface area contributed by atoms with Gasteiger partial charge in [0.15, 0.2) is 64.3 Å². The summed E-state index contributed by atoms with van der Waals surface area (Å²) in [5.41, 5.74) is -3.18. The SMILES string of the molecule is COC(=O)/C=C(\C(=O)O[C@H]1[C@@H]2OC(=O)c3cc(OC)c(OC)c(OC)c3-c3c(cc(OC)c(OC)c3OC)C(=O)OC[C@H]1O[C@@H](OC(=O)c1cc(OC)c(OC)c(OC)c1)[C@@H]2O)[C@H]1c2c(cc(OC)c(OC)c2OC)C(=O)O[C@@H]1C(=O)OC. The number of esters is 7. The highest BCUT2D eigenvalue weighted by Crippen LogP contribution is 2.55. The summed E-state index contributed by atoms with van der Waals surface area (Å²) in [5.74, 6) is -12.4. The second-order valence-corrected chi connectivity index (χ2v) is 17.4. The fourth-order valence-corrected chi connectivity index (χ4v) is 9.65. The van der Waals surface area contributed by atoms with Crippen LogP contribution in [0.3, 0.4) is 0 Å². The zero-order valence-electron chi connectivity index (χ0n) is 47.2. The monoisotopic (exact) mass is 1170 g/mol. The molecular weight excluding hydrogens is 1110 g/mol. The van der Waals surface area contributed by atoms with Gasteiger partial charge in [-0.1, -0.05) is 0 Å². The molecule has 446 valence electrons. The molecule has 83 heavy (non-hydrogen) atoms. The molecule has 0 spiro atoms. The van der Waals surface area contributed by atoms with Crippen LogP contribution in [0.4, 0.5) is 0 Å². The number of carbonyl (C=O) groups is 7. The Labute approximate surface area is 472 Å². The molecule has 4 aromatic rings. The molecule has 4 aromatic carbocycles. The maximum atomic E-state index is 15.5. The van der Waals surface area contributed by atoms with Crippen molar-refractivity contribution >= 4 is 41.8 Å². The highest BCUT2D eigenvalue weighted by atomic mass is 16.7. The van der Waals surface area contributed by atoms with Crippen molar-refractivity contribution in [2.45, 2.75) is 42.7 Å². The third-order valence-corrected chi connectivity index (χ3v) is 13.4. The van der Waals surface area contributed by atoms with E-state index in [1.54, 1.807) is 0 Å². The molecule has 0 radical (unpaired) electrons. The molecule has 1 saturated heterocycles. The lowest BCUT2D eigenvalue weighted by Crippen LogP contribution is -2.62. The number of benzene rings is 4. The van der Waals surface area contributed by atoms with Gasteiger partial charge in [-0.3, -0.25) is 0 Å². The van der Waals surface area contributed by atoms with Gasteiger partial charge in [0.2, 0.25) is 35.4 Å². The van der Waals surface area contributed by atoms with E-state index in [2.05, 4.69) is 0 Å². The molecule has 3 aliphatic heterocycles. The van der Waals surface area contributed by atoms with Crippen LogP contribution < -0.4 is 56.8 Å². The van der Waals surface area contributed by atoms with Gasteiger partial charge in [-0.25, -0.2) is 33.6 Å². The molecule has 7 atom stereocenters. The molecule has 7 rings (SSSR count). The maximum absolute atomic E-state index is 15.5. The van der Waals surface area contributed by atoms with Gasteiger partial charge in [0.1, 0.15) is 12.7 Å². The van der Waals surface area contributed by atoms with Crippen LogP contribution in [0.15, 0.2) is 42.0 Å². The van der Waals surface area contributed by atoms with Crippen LogP contribution in [0, 0.1) is 0 Å². The van der Waals surface area contributed by atoms with Crippen molar-refractivity contribution in [2.24, 2.45) is 0 Å². The minimum absolute atomic E-state index is 0.00469. The van der Waals surface area contributed by atoms with Crippen LogP contribution in [0.2, 0.25) is 0 Å². The maximum Gasteiger partial charge on any atom is 0.348 e. The molecule has 3 aliphatic rings. The standard InChI is InChI=1S/C55H58O28/c1-64-27-15-22(16-28(65-2)39(27)70-7)49(58)83-55-38(57)48-43(80-53(62)26(20-33(56)69-6)37-36-25(51(60)81-47(37)54(63)77-14)19-31(68-5)42(73-10)46(36)76-13)32(79-55)21-78-50(59)23-17-29(66-3)40(71-8)44(74-11)34(23)35-24(52(61)82-48)18-30(67-4)41(72-9)45(35)75-12/h15-20,32,37-38,43,47-48,55,57H,21H2,1-14H3/b26-20-/t32-,37+,38-,43-,47+,48-,55+/m1/s1. The lowest BCUT2D eigenvalue weighted by atomic mass is 9.80. The number of aliphatic hydroxyl groups is 1. The summed E-state index contributed by atoms with van der Waals surface area (Å²) in [6.45, 7) is -1.03. The number of carbonyl (C=O) groups excluding carboxylic acids is 7. The fraction of sp³-hybridized carbons (Fsp3) is 0.400. The topological polar surface area (TPSA) is 324 Å². The molecule has 0 saturated carbocycles. The Morgan fingerprint density at radius 1 is 0.518 bits per heavy atom. The van der Waals surface area contributed by atoms with Gasteiger partial charge >= 0.3 is 41.8 Å². The van der Waals surface area contributed by atoms with Crippen LogP contribution in [0.1, 0.15) is 52.9 Å². The first-order valence-corrected chi connectivity index (χ1v) is 24.4. The second-order valence-electron chi connectivity index (χ2n) is 17.4. The number of cyclic esters (lactones) is 2. The highest BCUT2D eigenvalue weighted by Gasteiger charge is 2.55. The minimum atomic E-state index is -2.39. The van der Waals surface area contributed by atoms with Crippen LogP contribution in [0.25, 0.3) is 11.1 Å². The molecule has 0 aliphatic carbocycles. The third kappa shape index (κ3) is 11.2. The van der Waals surface area contributed by atoms with E-state index in [1.165, 1.54) is 96.4 Å². The normalized spacial score (nSPS) is 19.9. The summed E-state index contributed by atoms with van der Waals surface area (Å²) in [7, 11) is 16.9. The highest BCUT2D eigenvalue weighted by molar-refractivity contribution is 6.09. The molecular formula is C55H58O28. The van der Waals surface area contributed by atoms with Gasteiger partial charge in [-0.2, -0.15) is 0 Å². The second kappa shape index (κ2) is 25.9. The lowest BCUT2D eigenvalue weighted by Gasteiger charge is -2.43. The molecule has 1 fully saturated rings. The van der Waals surface area contributed by atoms with Crippen molar-refractivity contribution in [1.82, 2.24) is 0 Å². The number of hydrogen-bond acceptors (Lipinski definition) is 28. The van der Waals surface area contributed by atoms with E-state index in [1.807, 2.05) is 0 Å². The molecule has 0 aromatic heterocycles. The number of ether oxygens (including phenoxy) is 20. The molecule has 28 heteroatoms. The minimum Gasteiger partial charge on any atom is -0.493 e. The summed E-state index contributed by atoms with van der Waals surface area (Å²) in [5, 5.41) is 12.6. The van der Waals surface area contributed by atoms with Crippen molar-refractivity contribution in [3.05, 3.63) is 69.8 Å². The molecule has 28 nitrogen and oxygen atoms in total. The Morgan fingerprint density at radius 2 is 0.976 bits per heavy atom. The van der Waals surface area contributed by atoms with E-state index in [9.17, 15) is 24.3 Å². The van der Waals surface area contributed by atoms with E-state index < -0.39 is 108 Å². The van der Waals surface area contributed by atoms with Crippen LogP contribution in [0.5, 0.6) is 69.0 Å². The zero-order chi connectivity index (χ0) is 60.7. The molecule has 0 amide bonds. The predicted octanol–water partition coefficient (Wildman–Crippen LogP) is 3.60. The number of hydrogen-bond donors (Lipinski definition) is 1. The third-order valence-electron chi connectivity index (χ3n) is 13.4. The Balaban J connectivity index is 1.50. The largest absolute Gasteiger partial charge is 0.493 e. The summed E-state index contributed by atoms with van der Waals surface area (Å²) in [4.78, 5) is 101. The fourth-order valence-electron chi connectivity index (χ4n) is 9.65. The van der Waals surface area contributed by atoms with Gasteiger partial charge in [-0.15, -0.1) is 0 Å². The Kier molecular flexibility index (Phi) is 19.1. The summed E-state index contributed by atoms with van der Waals surface area (Å²) >= 11 is 0. The summed E-state index contributed by atoms with van der Waals surface area (Å²) in [6, 6.07) is 5.91. The molecule has 1 N–H and O–H groups in total. The van der Waals surface area contributed by atoms with Gasteiger partial charge < -0.3 is 99.8 Å².